The predicted octanol–water partition coefficient (Wildman–Crippen LogP) is 6.12. The molecular weight excluding hydrogens is 800 g/mol. The van der Waals surface area contributed by atoms with Gasteiger partial charge in [0, 0.05) is 44.8 Å². The smallest absolute Gasteiger partial charge is 0.744 e. The molecule has 0 saturated heterocycles. The van der Waals surface area contributed by atoms with Gasteiger partial charge >= 0.3 is 32.2 Å². The normalized spacial score (nSPS) is 11.6. The van der Waals surface area contributed by atoms with Crippen molar-refractivity contribution in [2.75, 3.05) is 0 Å². The Balaban J connectivity index is 0.000000244. The van der Waals surface area contributed by atoms with Gasteiger partial charge in [0.15, 0.2) is 0 Å². The van der Waals surface area contributed by atoms with Gasteiger partial charge in [-0.25, -0.2) is 23.2 Å². The van der Waals surface area contributed by atoms with Crippen LogP contribution in [0.25, 0.3) is 89.7 Å². The Labute approximate surface area is 329 Å². The van der Waals surface area contributed by atoms with Gasteiger partial charge in [0.1, 0.15) is 21.4 Å². The van der Waals surface area contributed by atoms with Gasteiger partial charge in [0.2, 0.25) is 0 Å². The summed E-state index contributed by atoms with van der Waals surface area (Å²) in [7, 11) is -4.70. The molecule has 2 aliphatic heterocycles. The van der Waals surface area contributed by atoms with Crippen LogP contribution >= 0.6 is 0 Å². The van der Waals surface area contributed by atoms with Crippen molar-refractivity contribution in [1.29, 1.82) is 0 Å². The second kappa shape index (κ2) is 13.7. The van der Waals surface area contributed by atoms with Crippen LogP contribution in [0, 0.1) is 0 Å². The van der Waals surface area contributed by atoms with Gasteiger partial charge in [-0.1, -0.05) is 97.1 Å². The zero-order valence-corrected chi connectivity index (χ0v) is 31.3. The fourth-order valence-electron chi connectivity index (χ4n) is 6.30. The molecule has 0 unspecified atom stereocenters. The average Bonchev–Trinajstić information content (AvgIpc) is 3.90. The third-order valence-corrected chi connectivity index (χ3v) is 9.65. The quantitative estimate of drug-likeness (QED) is 0.188. The van der Waals surface area contributed by atoms with E-state index in [1.165, 1.54) is 0 Å². The third-order valence-electron chi connectivity index (χ3n) is 8.82. The van der Waals surface area contributed by atoms with Gasteiger partial charge in [-0.2, -0.15) is 0 Å². The number of aromatic carboxylic acids is 1. The summed E-state index contributed by atoms with van der Waals surface area (Å²) in [5, 5.41) is 21.1. The summed E-state index contributed by atoms with van der Waals surface area (Å²) < 4.78 is 31.5. The topological polar surface area (TPSA) is 220 Å². The van der Waals surface area contributed by atoms with Crippen molar-refractivity contribution in [3.8, 4) is 51.3 Å². The van der Waals surface area contributed by atoms with Crippen molar-refractivity contribution in [2.45, 2.75) is 4.90 Å². The van der Waals surface area contributed by atoms with E-state index in [0.29, 0.717) is 52.0 Å². The van der Waals surface area contributed by atoms with Crippen molar-refractivity contribution in [3.05, 3.63) is 121 Å². The van der Waals surface area contributed by atoms with Crippen LogP contribution < -0.4 is 9.97 Å². The Bertz CT molecular complexity index is 2850. The van der Waals surface area contributed by atoms with Crippen LogP contribution in [0.5, 0.6) is 5.75 Å². The molecule has 16 heteroatoms. The van der Waals surface area contributed by atoms with Crippen LogP contribution in [0.1, 0.15) is 10.4 Å². The fraction of sp³-hybridized carbons (Fsp3) is 0. The SMILES string of the molecule is O=C(O)c1cc(S(=O)(=O)[O-])ccc1O.[Zr+2].c1ccc2c(c1)-c1nc-2nc2[n-]c(nc3nc(nc4[n-]c(n1)c1ccccc41)-c1ccccc1-3)c1ccccc21. The molecule has 2 aliphatic rings. The van der Waals surface area contributed by atoms with Crippen molar-refractivity contribution < 1.29 is 54.2 Å². The minimum atomic E-state index is -4.70. The van der Waals surface area contributed by atoms with E-state index in [1.807, 2.05) is 97.1 Å². The molecular formula is C39H21N8O6SZr-. The zero-order chi connectivity index (χ0) is 37.1. The second-order valence-electron chi connectivity index (χ2n) is 12.1. The number of carbonyl (C=O) groups is 1. The minimum absolute atomic E-state index is 0. The number of fused-ring (bicyclic) bond motifs is 20. The Hall–Kier alpha value is -6.48. The maximum atomic E-state index is 10.5. The second-order valence-corrected chi connectivity index (χ2v) is 13.5. The van der Waals surface area contributed by atoms with E-state index in [4.69, 9.17) is 50.1 Å². The van der Waals surface area contributed by atoms with Crippen LogP contribution in [0.3, 0.4) is 0 Å². The van der Waals surface area contributed by atoms with Gasteiger partial charge in [-0.3, -0.25) is 0 Å². The molecule has 8 aromatic rings. The molecule has 0 atom stereocenters. The molecule has 3 aromatic heterocycles. The zero-order valence-electron chi connectivity index (χ0n) is 28.0. The maximum absolute atomic E-state index is 10.5. The number of carboxylic acids is 1. The van der Waals surface area contributed by atoms with Crippen molar-refractivity contribution in [2.24, 2.45) is 0 Å². The summed E-state index contributed by atoms with van der Waals surface area (Å²) in [4.78, 5) is 49.0. The first-order valence-corrected chi connectivity index (χ1v) is 17.6. The molecule has 10 rings (SSSR count). The average molecular weight is 821 g/mol. The van der Waals surface area contributed by atoms with Gasteiger partial charge in [-0.05, 0) is 39.7 Å². The molecule has 2 N–H and O–H groups in total. The number of carboxylic acid groups (broad SMARTS) is 1. The first-order valence-electron chi connectivity index (χ1n) is 16.2. The Kier molecular flexibility index (Phi) is 8.88. The Morgan fingerprint density at radius 2 is 0.855 bits per heavy atom. The third kappa shape index (κ3) is 6.35. The van der Waals surface area contributed by atoms with Gasteiger partial charge < -0.3 is 44.7 Å². The van der Waals surface area contributed by atoms with Crippen LogP contribution in [-0.4, -0.2) is 59.1 Å². The number of hydrogen-bond acceptors (Lipinski definition) is 11. The first kappa shape index (κ1) is 35.5. The van der Waals surface area contributed by atoms with E-state index in [9.17, 15) is 17.8 Å². The van der Waals surface area contributed by atoms with Gasteiger partial charge in [-0.15, -0.1) is 0 Å². The van der Waals surface area contributed by atoms with E-state index in [1.54, 1.807) is 0 Å². The van der Waals surface area contributed by atoms with Crippen molar-refractivity contribution in [3.63, 3.8) is 0 Å². The molecule has 8 bridgehead atoms. The summed E-state index contributed by atoms with van der Waals surface area (Å²) in [6, 6.07) is 34.1. The number of hydrogen-bond donors (Lipinski definition) is 2. The molecule has 264 valence electrons. The minimum Gasteiger partial charge on any atom is -0.744 e. The van der Waals surface area contributed by atoms with Gasteiger partial charge in [0.05, 0.1) is 28.2 Å². The van der Waals surface area contributed by atoms with Crippen LogP contribution in [0.4, 0.5) is 0 Å². The van der Waals surface area contributed by atoms with Crippen molar-refractivity contribution in [1.82, 2.24) is 39.9 Å². The summed E-state index contributed by atoms with van der Waals surface area (Å²) in [5.74, 6) is 0.109. The van der Waals surface area contributed by atoms with E-state index in [2.05, 4.69) is 0 Å². The van der Waals surface area contributed by atoms with E-state index in [-0.39, 0.29) is 26.2 Å². The molecule has 0 fully saturated rings. The molecule has 14 nitrogen and oxygen atoms in total. The fourth-order valence-corrected chi connectivity index (χ4v) is 6.80. The molecule has 5 aromatic carbocycles. The molecule has 0 saturated carbocycles. The summed E-state index contributed by atoms with van der Waals surface area (Å²) in [5.41, 5.74) is 5.16. The Morgan fingerprint density at radius 1 is 0.527 bits per heavy atom. The van der Waals surface area contributed by atoms with Crippen molar-refractivity contribution >= 4 is 60.2 Å². The van der Waals surface area contributed by atoms with Crippen LogP contribution in [0.15, 0.2) is 120 Å². The Morgan fingerprint density at radius 3 is 1.16 bits per heavy atom. The summed E-state index contributed by atoms with van der Waals surface area (Å²) in [6.45, 7) is 0. The van der Waals surface area contributed by atoms with Gasteiger partial charge in [0.25, 0.3) is 0 Å². The summed E-state index contributed by atoms with van der Waals surface area (Å²) in [6.07, 6.45) is 0. The number of benzene rings is 5. The summed E-state index contributed by atoms with van der Waals surface area (Å²) >= 11 is 0. The monoisotopic (exact) mass is 819 g/mol. The molecule has 0 radical (unpaired) electrons. The standard InChI is InChI=1S/C32H16N8.C7H6O6S.Zr/c1-2-10-18-17(9-1)25-33-26(18)38-28-21-13-5-6-14-22(21)30(35-28)40-32-24-16-8-7-15-23(24)31(36-32)39-29-20-12-4-3-11-19(20)27(34-29)37-25;8-6-2-1-4(14(11,12)13)3-5(6)7(9)10;/h1-16H;1-3,8H,(H,9,10)(H,11,12,13);/q-2;;+2/p-1. The van der Waals surface area contributed by atoms with Crippen LogP contribution in [0.2, 0.25) is 0 Å². The van der Waals surface area contributed by atoms with E-state index < -0.39 is 32.3 Å². The van der Waals surface area contributed by atoms with E-state index >= 15 is 0 Å². The molecule has 0 amide bonds. The van der Waals surface area contributed by atoms with E-state index in [0.717, 1.165) is 55.9 Å². The number of rotatable bonds is 2. The van der Waals surface area contributed by atoms with Crippen LogP contribution in [-0.2, 0) is 36.3 Å². The number of phenols is 1. The molecule has 5 heterocycles. The molecule has 0 aliphatic carbocycles. The largest absolute Gasteiger partial charge is 2.00 e. The number of nitrogens with zero attached hydrogens (tertiary/aromatic N) is 8. The maximum Gasteiger partial charge on any atom is 2.00 e. The predicted molar refractivity (Wildman–Crippen MR) is 197 cm³/mol. The molecule has 0 spiro atoms. The number of aromatic nitrogens is 8. The molecule has 55 heavy (non-hydrogen) atoms. The number of aromatic hydroxyl groups is 1. The first-order chi connectivity index (χ1) is 26.1.